The van der Waals surface area contributed by atoms with E-state index in [-0.39, 0.29) is 6.61 Å². The minimum atomic E-state index is -0.143. The molecule has 3 nitrogen and oxygen atoms in total. The number of aromatic nitrogens is 2. The maximum atomic E-state index is 9.58. The van der Waals surface area contributed by atoms with E-state index in [1.165, 1.54) is 0 Å². The molecule has 0 bridgehead atoms. The predicted octanol–water partition coefficient (Wildman–Crippen LogP) is 3.69. The van der Waals surface area contributed by atoms with Gasteiger partial charge >= 0.3 is 0 Å². The van der Waals surface area contributed by atoms with E-state index in [0.717, 1.165) is 11.3 Å². The van der Waals surface area contributed by atoms with Crippen LogP contribution in [0.5, 0.6) is 0 Å². The molecule has 0 saturated heterocycles. The van der Waals surface area contributed by atoms with Gasteiger partial charge in [0, 0.05) is 11.1 Å². The zero-order valence-corrected chi connectivity index (χ0v) is 11.5. The highest BCUT2D eigenvalue weighted by Crippen LogP contribution is 2.30. The van der Waals surface area contributed by atoms with Crippen LogP contribution in [-0.4, -0.2) is 14.9 Å². The molecular weight excluding hydrogens is 272 g/mol. The first kappa shape index (κ1) is 12.9. The summed E-state index contributed by atoms with van der Waals surface area (Å²) in [6.07, 6.45) is 0. The fraction of sp³-hybridized carbons (Fsp3) is 0.0625. The molecule has 0 unspecified atom stereocenters. The summed E-state index contributed by atoms with van der Waals surface area (Å²) in [6.45, 7) is -0.143. The van der Waals surface area contributed by atoms with E-state index in [1.807, 2.05) is 60.7 Å². The first-order chi connectivity index (χ1) is 9.81. The molecule has 0 atom stereocenters. The van der Waals surface area contributed by atoms with E-state index >= 15 is 0 Å². The fourth-order valence-corrected chi connectivity index (χ4v) is 2.42. The number of para-hydroxylation sites is 1. The van der Waals surface area contributed by atoms with Crippen molar-refractivity contribution >= 4 is 11.6 Å². The van der Waals surface area contributed by atoms with Gasteiger partial charge < -0.3 is 5.11 Å². The van der Waals surface area contributed by atoms with Gasteiger partial charge in [-0.05, 0) is 12.1 Å². The maximum Gasteiger partial charge on any atom is 0.139 e. The minimum Gasteiger partial charge on any atom is -0.391 e. The minimum absolute atomic E-state index is 0.143. The Hall–Kier alpha value is -2.10. The van der Waals surface area contributed by atoms with Gasteiger partial charge in [0.1, 0.15) is 5.15 Å². The summed E-state index contributed by atoms with van der Waals surface area (Å²) in [4.78, 5) is 0. The van der Waals surface area contributed by atoms with Gasteiger partial charge in [-0.2, -0.15) is 5.10 Å². The van der Waals surface area contributed by atoms with E-state index in [9.17, 15) is 5.11 Å². The van der Waals surface area contributed by atoms with Gasteiger partial charge in [-0.1, -0.05) is 60.1 Å². The molecule has 20 heavy (non-hydrogen) atoms. The molecule has 1 aromatic heterocycles. The van der Waals surface area contributed by atoms with E-state index < -0.39 is 0 Å². The Labute approximate surface area is 122 Å². The summed E-state index contributed by atoms with van der Waals surface area (Å²) in [5.74, 6) is 0. The molecule has 3 rings (SSSR count). The van der Waals surface area contributed by atoms with E-state index in [2.05, 4.69) is 5.10 Å². The zero-order valence-electron chi connectivity index (χ0n) is 10.7. The number of aliphatic hydroxyl groups is 1. The normalized spacial score (nSPS) is 10.7. The predicted molar refractivity (Wildman–Crippen MR) is 79.9 cm³/mol. The lowest BCUT2D eigenvalue weighted by Gasteiger charge is -2.01. The van der Waals surface area contributed by atoms with Crippen LogP contribution in [0.1, 0.15) is 5.56 Å². The lowest BCUT2D eigenvalue weighted by Crippen LogP contribution is -1.96. The topological polar surface area (TPSA) is 38.1 Å². The molecule has 2 aromatic carbocycles. The molecule has 0 radical (unpaired) electrons. The van der Waals surface area contributed by atoms with Crippen LogP contribution in [0.3, 0.4) is 0 Å². The molecule has 100 valence electrons. The van der Waals surface area contributed by atoms with Crippen LogP contribution in [0.15, 0.2) is 60.7 Å². The Bertz CT molecular complexity index is 708. The molecule has 0 spiro atoms. The lowest BCUT2D eigenvalue weighted by atomic mass is 10.1. The van der Waals surface area contributed by atoms with Crippen LogP contribution in [0, 0.1) is 0 Å². The molecule has 0 aliphatic carbocycles. The van der Waals surface area contributed by atoms with Crippen LogP contribution in [-0.2, 0) is 6.61 Å². The van der Waals surface area contributed by atoms with Crippen LogP contribution in [0.25, 0.3) is 16.9 Å². The second-order valence-electron chi connectivity index (χ2n) is 4.39. The SMILES string of the molecule is OCc1c(-c2ccccc2)nn(-c2ccccc2)c1Cl. The summed E-state index contributed by atoms with van der Waals surface area (Å²) in [5.41, 5.74) is 3.16. The number of hydrogen-bond donors (Lipinski definition) is 1. The number of aliphatic hydroxyl groups excluding tert-OH is 1. The van der Waals surface area contributed by atoms with Crippen molar-refractivity contribution in [2.24, 2.45) is 0 Å². The Morgan fingerprint density at radius 3 is 2.15 bits per heavy atom. The fourth-order valence-electron chi connectivity index (χ4n) is 2.14. The van der Waals surface area contributed by atoms with Gasteiger partial charge in [0.2, 0.25) is 0 Å². The number of nitrogens with zero attached hydrogens (tertiary/aromatic N) is 2. The first-order valence-corrected chi connectivity index (χ1v) is 6.68. The summed E-state index contributed by atoms with van der Waals surface area (Å²) < 4.78 is 1.65. The average Bonchev–Trinajstić information content (AvgIpc) is 2.86. The average molecular weight is 285 g/mol. The lowest BCUT2D eigenvalue weighted by molar-refractivity contribution is 0.282. The highest BCUT2D eigenvalue weighted by Gasteiger charge is 2.17. The smallest absolute Gasteiger partial charge is 0.139 e. The standard InChI is InChI=1S/C16H13ClN2O/c17-16-14(11-20)15(12-7-3-1-4-8-12)18-19(16)13-9-5-2-6-10-13/h1-10,20H,11H2. The molecule has 0 aliphatic heterocycles. The van der Waals surface area contributed by atoms with Gasteiger partial charge in [0.25, 0.3) is 0 Å². The third-order valence-electron chi connectivity index (χ3n) is 3.13. The van der Waals surface area contributed by atoms with Crippen molar-refractivity contribution in [3.63, 3.8) is 0 Å². The van der Waals surface area contributed by atoms with E-state index in [4.69, 9.17) is 11.6 Å². The number of benzene rings is 2. The number of halogens is 1. The van der Waals surface area contributed by atoms with Gasteiger partial charge in [-0.15, -0.1) is 0 Å². The Balaban J connectivity index is 2.18. The summed E-state index contributed by atoms with van der Waals surface area (Å²) >= 11 is 6.35. The zero-order chi connectivity index (χ0) is 13.9. The molecule has 4 heteroatoms. The van der Waals surface area contributed by atoms with Gasteiger partial charge in [0.15, 0.2) is 0 Å². The third-order valence-corrected chi connectivity index (χ3v) is 3.52. The summed E-state index contributed by atoms with van der Waals surface area (Å²) in [6, 6.07) is 19.4. The van der Waals surface area contributed by atoms with Crippen molar-refractivity contribution in [3.05, 3.63) is 71.4 Å². The first-order valence-electron chi connectivity index (χ1n) is 6.30. The largest absolute Gasteiger partial charge is 0.391 e. The highest BCUT2D eigenvalue weighted by atomic mass is 35.5. The van der Waals surface area contributed by atoms with Crippen LogP contribution < -0.4 is 0 Å². The molecule has 3 aromatic rings. The Kier molecular flexibility index (Phi) is 3.54. The molecule has 0 fully saturated rings. The van der Waals surface area contributed by atoms with Crippen LogP contribution in [0.2, 0.25) is 5.15 Å². The molecule has 0 aliphatic rings. The monoisotopic (exact) mass is 284 g/mol. The maximum absolute atomic E-state index is 9.58. The van der Waals surface area contributed by atoms with Gasteiger partial charge in [0.05, 0.1) is 18.0 Å². The third kappa shape index (κ3) is 2.22. The van der Waals surface area contributed by atoms with Crippen molar-refractivity contribution in [3.8, 4) is 16.9 Å². The number of hydrogen-bond acceptors (Lipinski definition) is 2. The van der Waals surface area contributed by atoms with Gasteiger partial charge in [-0.3, -0.25) is 0 Å². The second-order valence-corrected chi connectivity index (χ2v) is 4.75. The van der Waals surface area contributed by atoms with Gasteiger partial charge in [-0.25, -0.2) is 4.68 Å². The van der Waals surface area contributed by atoms with Crippen molar-refractivity contribution in [2.45, 2.75) is 6.61 Å². The summed E-state index contributed by atoms with van der Waals surface area (Å²) in [7, 11) is 0. The molecule has 1 heterocycles. The van der Waals surface area contributed by atoms with Crippen LogP contribution >= 0.6 is 11.6 Å². The molecular formula is C16H13ClN2O. The van der Waals surface area contributed by atoms with Crippen molar-refractivity contribution < 1.29 is 5.11 Å². The van der Waals surface area contributed by atoms with Crippen molar-refractivity contribution in [1.29, 1.82) is 0 Å². The van der Waals surface area contributed by atoms with E-state index in [1.54, 1.807) is 4.68 Å². The Morgan fingerprint density at radius 1 is 0.950 bits per heavy atom. The number of rotatable bonds is 3. The molecule has 0 saturated carbocycles. The summed E-state index contributed by atoms with van der Waals surface area (Å²) in [5, 5.41) is 14.6. The Morgan fingerprint density at radius 2 is 1.55 bits per heavy atom. The molecule has 0 amide bonds. The highest BCUT2D eigenvalue weighted by molar-refractivity contribution is 6.31. The molecule has 1 N–H and O–H groups in total. The van der Waals surface area contributed by atoms with Crippen molar-refractivity contribution in [2.75, 3.05) is 0 Å². The second kappa shape index (κ2) is 5.49. The van der Waals surface area contributed by atoms with Crippen molar-refractivity contribution in [1.82, 2.24) is 9.78 Å². The van der Waals surface area contributed by atoms with Crippen LogP contribution in [0.4, 0.5) is 0 Å². The van der Waals surface area contributed by atoms with E-state index in [0.29, 0.717) is 16.4 Å². The quantitative estimate of drug-likeness (QED) is 0.797.